The predicted molar refractivity (Wildman–Crippen MR) is 159 cm³/mol. The smallest absolute Gasteiger partial charge is 0.149 e. The molecular formula is C35H34N2O. The molecule has 190 valence electrons. The molecule has 0 unspecified atom stereocenters. The minimum absolute atomic E-state index is 0.147. The molecule has 6 aromatic rings. The fraction of sp³-hybridized carbons (Fsp3) is 0.229. The summed E-state index contributed by atoms with van der Waals surface area (Å²) in [5.74, 6) is 1.49. The van der Waals surface area contributed by atoms with Crippen molar-refractivity contribution in [3.05, 3.63) is 108 Å². The molecule has 0 amide bonds. The average Bonchev–Trinajstić information content (AvgIpc) is 3.49. The van der Waals surface area contributed by atoms with Crippen molar-refractivity contribution in [3.8, 4) is 28.2 Å². The molecule has 0 saturated carbocycles. The molecule has 0 atom stereocenters. The zero-order valence-electron chi connectivity index (χ0n) is 22.8. The quantitative estimate of drug-likeness (QED) is 0.237. The Morgan fingerprint density at radius 2 is 1.50 bits per heavy atom. The Kier molecular flexibility index (Phi) is 5.95. The SMILES string of the molecule is CC(C)Cc1ccc2c(-c3nc4ccccc4n3-c3ccc(-c4ccc(C(C)(C)C)cc4)cc3)coc2c1. The largest absolute Gasteiger partial charge is 0.464 e. The van der Waals surface area contributed by atoms with Crippen LogP contribution in [0.5, 0.6) is 0 Å². The van der Waals surface area contributed by atoms with Gasteiger partial charge in [-0.05, 0) is 70.3 Å². The third kappa shape index (κ3) is 4.43. The Labute approximate surface area is 224 Å². The monoisotopic (exact) mass is 498 g/mol. The molecule has 38 heavy (non-hydrogen) atoms. The molecule has 3 heteroatoms. The highest BCUT2D eigenvalue weighted by atomic mass is 16.3. The van der Waals surface area contributed by atoms with E-state index < -0.39 is 0 Å². The molecule has 6 rings (SSSR count). The Morgan fingerprint density at radius 3 is 2.18 bits per heavy atom. The molecule has 0 saturated heterocycles. The first-order valence-corrected chi connectivity index (χ1v) is 13.5. The molecule has 4 aromatic carbocycles. The van der Waals surface area contributed by atoms with Crippen LogP contribution in [0.4, 0.5) is 0 Å². The zero-order chi connectivity index (χ0) is 26.4. The van der Waals surface area contributed by atoms with Gasteiger partial charge in [0.05, 0.1) is 16.6 Å². The minimum atomic E-state index is 0.147. The minimum Gasteiger partial charge on any atom is -0.464 e. The number of hydrogen-bond donors (Lipinski definition) is 0. The second-order valence-corrected chi connectivity index (χ2v) is 11.7. The number of imidazole rings is 1. The molecule has 0 aliphatic heterocycles. The molecule has 0 radical (unpaired) electrons. The van der Waals surface area contributed by atoms with Gasteiger partial charge < -0.3 is 4.42 Å². The van der Waals surface area contributed by atoms with Gasteiger partial charge in [0.25, 0.3) is 0 Å². The second kappa shape index (κ2) is 9.33. The van der Waals surface area contributed by atoms with Crippen molar-refractivity contribution in [3.63, 3.8) is 0 Å². The van der Waals surface area contributed by atoms with Crippen LogP contribution in [-0.2, 0) is 11.8 Å². The van der Waals surface area contributed by atoms with Gasteiger partial charge in [0.15, 0.2) is 0 Å². The maximum absolute atomic E-state index is 6.07. The lowest BCUT2D eigenvalue weighted by molar-refractivity contribution is 0.590. The summed E-state index contributed by atoms with van der Waals surface area (Å²) in [6, 6.07) is 32.6. The summed E-state index contributed by atoms with van der Waals surface area (Å²) >= 11 is 0. The summed E-state index contributed by atoms with van der Waals surface area (Å²) in [5, 5.41) is 1.09. The van der Waals surface area contributed by atoms with Gasteiger partial charge >= 0.3 is 0 Å². The summed E-state index contributed by atoms with van der Waals surface area (Å²) in [5.41, 5.74) is 10.3. The number of benzene rings is 4. The van der Waals surface area contributed by atoms with E-state index in [2.05, 4.69) is 124 Å². The normalized spacial score (nSPS) is 12.2. The molecule has 2 aromatic heterocycles. The summed E-state index contributed by atoms with van der Waals surface area (Å²) < 4.78 is 8.31. The van der Waals surface area contributed by atoms with Gasteiger partial charge in [0, 0.05) is 11.1 Å². The van der Waals surface area contributed by atoms with E-state index in [-0.39, 0.29) is 5.41 Å². The van der Waals surface area contributed by atoms with Gasteiger partial charge in [-0.25, -0.2) is 4.98 Å². The van der Waals surface area contributed by atoms with Crippen LogP contribution < -0.4 is 0 Å². The summed E-state index contributed by atoms with van der Waals surface area (Å²) in [6.45, 7) is 11.2. The second-order valence-electron chi connectivity index (χ2n) is 11.7. The number of aromatic nitrogens is 2. The van der Waals surface area contributed by atoms with E-state index in [9.17, 15) is 0 Å². The maximum atomic E-state index is 6.07. The molecule has 0 aliphatic rings. The third-order valence-electron chi connectivity index (χ3n) is 7.30. The molecular weight excluding hydrogens is 464 g/mol. The predicted octanol–water partition coefficient (Wildman–Crippen LogP) is 9.60. The van der Waals surface area contributed by atoms with Gasteiger partial charge in [-0.3, -0.25) is 4.57 Å². The van der Waals surface area contributed by atoms with E-state index in [4.69, 9.17) is 9.40 Å². The van der Waals surface area contributed by atoms with E-state index in [0.29, 0.717) is 5.92 Å². The molecule has 0 aliphatic carbocycles. The van der Waals surface area contributed by atoms with E-state index in [1.165, 1.54) is 22.3 Å². The highest BCUT2D eigenvalue weighted by Crippen LogP contribution is 2.36. The van der Waals surface area contributed by atoms with Crippen LogP contribution in [0.1, 0.15) is 45.7 Å². The average molecular weight is 499 g/mol. The molecule has 0 N–H and O–H groups in total. The summed E-state index contributed by atoms with van der Waals surface area (Å²) in [4.78, 5) is 5.07. The number of fused-ring (bicyclic) bond motifs is 2. The maximum Gasteiger partial charge on any atom is 0.149 e. The molecule has 0 fully saturated rings. The lowest BCUT2D eigenvalue weighted by Gasteiger charge is -2.19. The number of rotatable bonds is 5. The highest BCUT2D eigenvalue weighted by molar-refractivity contribution is 5.95. The summed E-state index contributed by atoms with van der Waals surface area (Å²) in [6.07, 6.45) is 2.89. The van der Waals surface area contributed by atoms with Gasteiger partial charge in [-0.2, -0.15) is 0 Å². The Bertz CT molecular complexity index is 1730. The lowest BCUT2D eigenvalue weighted by atomic mass is 9.86. The van der Waals surface area contributed by atoms with Crippen LogP contribution in [-0.4, -0.2) is 9.55 Å². The number of furan rings is 1. The van der Waals surface area contributed by atoms with Crippen molar-refractivity contribution in [2.45, 2.75) is 46.5 Å². The van der Waals surface area contributed by atoms with Crippen LogP contribution in [0.25, 0.3) is 50.2 Å². The first-order chi connectivity index (χ1) is 18.3. The van der Waals surface area contributed by atoms with Gasteiger partial charge in [-0.15, -0.1) is 0 Å². The fourth-order valence-electron chi connectivity index (χ4n) is 5.28. The fourth-order valence-corrected chi connectivity index (χ4v) is 5.28. The molecule has 3 nitrogen and oxygen atoms in total. The number of nitrogens with zero attached hydrogens (tertiary/aromatic N) is 2. The highest BCUT2D eigenvalue weighted by Gasteiger charge is 2.19. The number of para-hydroxylation sites is 2. The zero-order valence-corrected chi connectivity index (χ0v) is 22.8. The van der Waals surface area contributed by atoms with E-state index in [1.54, 1.807) is 0 Å². The molecule has 0 spiro atoms. The summed E-state index contributed by atoms with van der Waals surface area (Å²) in [7, 11) is 0. The van der Waals surface area contributed by atoms with Crippen LogP contribution in [0, 0.1) is 5.92 Å². The van der Waals surface area contributed by atoms with Gasteiger partial charge in [0.2, 0.25) is 0 Å². The molecule has 0 bridgehead atoms. The van der Waals surface area contributed by atoms with Crippen molar-refractivity contribution in [1.82, 2.24) is 9.55 Å². The van der Waals surface area contributed by atoms with Crippen molar-refractivity contribution in [2.75, 3.05) is 0 Å². The standard InChI is InChI=1S/C35H34N2O/c1-23(2)20-24-10-19-29-30(22-38-33(29)21-24)34-36-31-8-6-7-9-32(31)37(34)28-17-13-26(14-18-28)25-11-15-27(16-12-25)35(3,4)5/h6-19,21-23H,20H2,1-5H3. The van der Waals surface area contributed by atoms with Crippen molar-refractivity contribution < 1.29 is 4.42 Å². The van der Waals surface area contributed by atoms with Gasteiger partial charge in [0.1, 0.15) is 17.7 Å². The molecule has 2 heterocycles. The van der Waals surface area contributed by atoms with E-state index >= 15 is 0 Å². The Balaban J connectivity index is 1.43. The van der Waals surface area contributed by atoms with Crippen molar-refractivity contribution in [1.29, 1.82) is 0 Å². The third-order valence-corrected chi connectivity index (χ3v) is 7.30. The van der Waals surface area contributed by atoms with Gasteiger partial charge in [-0.1, -0.05) is 95.3 Å². The Hall–Kier alpha value is -4.11. The lowest BCUT2D eigenvalue weighted by Crippen LogP contribution is -2.10. The van der Waals surface area contributed by atoms with Crippen LogP contribution >= 0.6 is 0 Å². The topological polar surface area (TPSA) is 31.0 Å². The first kappa shape index (κ1) is 24.2. The van der Waals surface area contributed by atoms with Crippen molar-refractivity contribution >= 4 is 22.0 Å². The number of hydrogen-bond acceptors (Lipinski definition) is 2. The van der Waals surface area contributed by atoms with Crippen molar-refractivity contribution in [2.24, 2.45) is 5.92 Å². The van der Waals surface area contributed by atoms with E-state index in [1.807, 2.05) is 12.3 Å². The van der Waals surface area contributed by atoms with Crippen LogP contribution in [0.2, 0.25) is 0 Å². The van der Waals surface area contributed by atoms with Crippen LogP contribution in [0.15, 0.2) is 102 Å². The van der Waals surface area contributed by atoms with E-state index in [0.717, 1.165) is 45.5 Å². The Morgan fingerprint density at radius 1 is 0.816 bits per heavy atom. The first-order valence-electron chi connectivity index (χ1n) is 13.5. The van der Waals surface area contributed by atoms with Crippen LogP contribution in [0.3, 0.4) is 0 Å².